The fourth-order valence-electron chi connectivity index (χ4n) is 8.39. The summed E-state index contributed by atoms with van der Waals surface area (Å²) in [5.74, 6) is 2.80. The maximum absolute atomic E-state index is 13.7. The van der Waals surface area contributed by atoms with Crippen LogP contribution < -0.4 is 15.4 Å². The van der Waals surface area contributed by atoms with Gasteiger partial charge in [0.15, 0.2) is 15.7 Å². The van der Waals surface area contributed by atoms with Gasteiger partial charge in [-0.1, -0.05) is 6.07 Å². The van der Waals surface area contributed by atoms with Crippen LogP contribution in [0.3, 0.4) is 0 Å². The highest BCUT2D eigenvalue weighted by atomic mass is 32.2. The molecule has 3 atom stereocenters. The van der Waals surface area contributed by atoms with Gasteiger partial charge in [-0.05, 0) is 74.3 Å². The van der Waals surface area contributed by atoms with Gasteiger partial charge in [0.2, 0.25) is 0 Å². The lowest BCUT2D eigenvalue weighted by Crippen LogP contribution is -2.72. The number of hydrogen-bond acceptors (Lipinski definition) is 7. The predicted octanol–water partition coefficient (Wildman–Crippen LogP) is 3.55. The molecule has 2 aromatic carbocycles. The summed E-state index contributed by atoms with van der Waals surface area (Å²) in [6.07, 6.45) is 5.27. The third kappa shape index (κ3) is 3.65. The Morgan fingerprint density at radius 2 is 1.93 bits per heavy atom. The van der Waals surface area contributed by atoms with E-state index in [1.54, 1.807) is 7.11 Å². The quantitative estimate of drug-likeness (QED) is 0.353. The number of benzene rings is 2. The van der Waals surface area contributed by atoms with Gasteiger partial charge >= 0.3 is 0 Å². The number of nitrogens with two attached hydrogens (primary N) is 1. The van der Waals surface area contributed by atoms with Crippen molar-refractivity contribution >= 4 is 43.4 Å². The van der Waals surface area contributed by atoms with Crippen LogP contribution in [-0.4, -0.2) is 82.7 Å². The van der Waals surface area contributed by atoms with Crippen molar-refractivity contribution in [1.29, 1.82) is 0 Å². The van der Waals surface area contributed by atoms with Gasteiger partial charge in [0.1, 0.15) is 16.0 Å². The molecule has 0 radical (unpaired) electrons. The number of nitrogens with zero attached hydrogens (tertiary/aromatic N) is 5. The van der Waals surface area contributed by atoms with Crippen molar-refractivity contribution in [3.8, 4) is 17.3 Å². The molecule has 1 spiro atoms. The largest absolute Gasteiger partial charge is 0.494 e. The van der Waals surface area contributed by atoms with E-state index in [0.717, 1.165) is 71.5 Å². The van der Waals surface area contributed by atoms with Crippen LogP contribution in [-0.2, 0) is 23.4 Å². The van der Waals surface area contributed by atoms with Crippen molar-refractivity contribution in [2.24, 2.45) is 24.6 Å². The summed E-state index contributed by atoms with van der Waals surface area (Å²) in [6.45, 7) is 2.78. The molecule has 3 saturated heterocycles. The highest BCUT2D eigenvalue weighted by Crippen LogP contribution is 2.45. The molecule has 5 heterocycles. The number of sulfone groups is 1. The lowest BCUT2D eigenvalue weighted by atomic mass is 9.94. The van der Waals surface area contributed by atoms with Crippen LogP contribution in [0.5, 0.6) is 5.75 Å². The average molecular weight is 615 g/mol. The maximum atomic E-state index is 13.7. The number of rotatable bonds is 6. The number of likely N-dealkylation sites (tertiary alicyclic amines) is 1. The Morgan fingerprint density at radius 1 is 1.11 bits per heavy atom. The topological polar surface area (TPSA) is 116 Å². The van der Waals surface area contributed by atoms with Gasteiger partial charge in [0.05, 0.1) is 29.6 Å². The molecule has 10 nitrogen and oxygen atoms in total. The van der Waals surface area contributed by atoms with Gasteiger partial charge < -0.3 is 29.4 Å². The van der Waals surface area contributed by atoms with E-state index in [4.69, 9.17) is 15.5 Å². The minimum absolute atomic E-state index is 0.00194. The van der Waals surface area contributed by atoms with E-state index < -0.39 is 14.6 Å². The number of amides is 1. The Kier molecular flexibility index (Phi) is 5.48. The zero-order valence-electron chi connectivity index (χ0n) is 25.2. The number of carbonyl (C=O) groups is 1. The molecule has 5 fully saturated rings. The minimum Gasteiger partial charge on any atom is -0.494 e. The van der Waals surface area contributed by atoms with Gasteiger partial charge in [-0.15, -0.1) is 0 Å². The second-order valence-corrected chi connectivity index (χ2v) is 16.4. The van der Waals surface area contributed by atoms with E-state index in [9.17, 15) is 13.2 Å². The Hall–Kier alpha value is -3.57. The Morgan fingerprint density at radius 3 is 2.57 bits per heavy atom. The van der Waals surface area contributed by atoms with Crippen molar-refractivity contribution in [3.05, 3.63) is 42.0 Å². The van der Waals surface area contributed by atoms with Crippen molar-refractivity contribution in [3.63, 3.8) is 0 Å². The summed E-state index contributed by atoms with van der Waals surface area (Å²) >= 11 is 0. The van der Waals surface area contributed by atoms with Gasteiger partial charge in [-0.25, -0.2) is 13.4 Å². The van der Waals surface area contributed by atoms with Crippen LogP contribution in [0, 0.1) is 11.8 Å². The van der Waals surface area contributed by atoms with E-state index in [1.807, 2.05) is 24.1 Å². The zero-order valence-corrected chi connectivity index (χ0v) is 26.0. The van der Waals surface area contributed by atoms with Crippen molar-refractivity contribution in [1.82, 2.24) is 19.0 Å². The molecule has 3 aliphatic heterocycles. The normalized spacial score (nSPS) is 26.5. The van der Waals surface area contributed by atoms with Crippen molar-refractivity contribution < 1.29 is 17.9 Å². The van der Waals surface area contributed by atoms with Gasteiger partial charge in [0.25, 0.3) is 5.91 Å². The molecule has 2 bridgehead atoms. The first-order valence-electron chi connectivity index (χ1n) is 15.9. The number of imidazole rings is 1. The molecular weight excluding hydrogens is 576 g/mol. The number of methoxy groups -OCH3 is 1. The van der Waals surface area contributed by atoms with Crippen molar-refractivity contribution in [2.45, 2.75) is 55.5 Å². The highest BCUT2D eigenvalue weighted by molar-refractivity contribution is 7.94. The first kappa shape index (κ1) is 26.8. The second kappa shape index (κ2) is 9.00. The number of carbonyl (C=O) groups excluding carboxylic acids is 1. The number of hydrogen-bond donors (Lipinski definition) is 1. The molecule has 1 amide bonds. The molecule has 5 aliphatic rings. The van der Waals surface area contributed by atoms with Crippen LogP contribution in [0.25, 0.3) is 33.5 Å². The molecule has 2 saturated carbocycles. The fraction of sp³-hybridized carbons (Fsp3) is 0.515. The standard InChI is InChI=1S/C33H38N6O4S/c1-36-30-24(11-22(13-28(30)43-2)32(40)39-16-21-6-8-25(39)29(21)34)35-31(36)27-12-20-5-7-23(14-26(20)38(27)15-19-3-4-19)37-17-33(18-37)9-10-44(33,41)42/h5,7,11-14,19,21,25,29H,3-4,6,8-10,15-18,34H2,1-2H3/t21?,25?,29-/m1/s1. The lowest BCUT2D eigenvalue weighted by molar-refractivity contribution is 0.0700. The van der Waals surface area contributed by atoms with E-state index >= 15 is 0 Å². The summed E-state index contributed by atoms with van der Waals surface area (Å²) in [5, 5.41) is 1.13. The van der Waals surface area contributed by atoms with E-state index in [0.29, 0.717) is 42.0 Å². The van der Waals surface area contributed by atoms with Crippen LogP contribution in [0.1, 0.15) is 42.5 Å². The molecule has 2 N–H and O–H groups in total. The number of ether oxygens (including phenoxy) is 1. The first-order chi connectivity index (χ1) is 21.2. The number of aryl methyl sites for hydroxylation is 1. The average Bonchev–Trinajstić information content (AvgIpc) is 3.40. The number of anilines is 1. The SMILES string of the molecule is COc1cc(C(=O)N2CC3CCC2[C@@H]3N)cc2nc(-c3cc4ccc(N5CC6(CCS6(=O)=O)C5)cc4n3CC3CC3)n(C)c12. The third-order valence-corrected chi connectivity index (χ3v) is 13.9. The van der Waals surface area contributed by atoms with E-state index in [2.05, 4.69) is 38.3 Å². The number of fused-ring (bicyclic) bond motifs is 4. The van der Waals surface area contributed by atoms with Crippen LogP contribution in [0.2, 0.25) is 0 Å². The molecule has 4 aromatic rings. The molecule has 230 valence electrons. The molecule has 2 unspecified atom stereocenters. The van der Waals surface area contributed by atoms with Gasteiger partial charge in [-0.3, -0.25) is 4.79 Å². The van der Waals surface area contributed by atoms with Gasteiger partial charge in [-0.2, -0.15) is 0 Å². The van der Waals surface area contributed by atoms with E-state index in [1.165, 1.54) is 12.8 Å². The summed E-state index contributed by atoms with van der Waals surface area (Å²) < 4.78 is 34.6. The van der Waals surface area contributed by atoms with Crippen LogP contribution in [0.4, 0.5) is 5.69 Å². The summed E-state index contributed by atoms with van der Waals surface area (Å²) in [4.78, 5) is 23.0. The molecular formula is C33H38N6O4S. The minimum atomic E-state index is -2.96. The third-order valence-electron chi connectivity index (χ3n) is 11.4. The summed E-state index contributed by atoms with van der Waals surface area (Å²) in [7, 11) is 0.698. The molecule has 44 heavy (non-hydrogen) atoms. The number of aromatic nitrogens is 3. The maximum Gasteiger partial charge on any atom is 0.254 e. The highest BCUT2D eigenvalue weighted by Gasteiger charge is 2.59. The Balaban J connectivity index is 1.11. The Bertz CT molecular complexity index is 1990. The second-order valence-electron chi connectivity index (χ2n) is 13.9. The van der Waals surface area contributed by atoms with Crippen LogP contribution in [0.15, 0.2) is 36.4 Å². The van der Waals surface area contributed by atoms with Crippen LogP contribution >= 0.6 is 0 Å². The smallest absolute Gasteiger partial charge is 0.254 e. The summed E-state index contributed by atoms with van der Waals surface area (Å²) in [6, 6.07) is 12.6. The molecule has 11 heteroatoms. The zero-order chi connectivity index (χ0) is 30.1. The summed E-state index contributed by atoms with van der Waals surface area (Å²) in [5.41, 5.74) is 11.8. The van der Waals surface area contributed by atoms with Crippen molar-refractivity contribution in [2.75, 3.05) is 37.4 Å². The lowest BCUT2D eigenvalue weighted by Gasteiger charge is -2.55. The van der Waals surface area contributed by atoms with E-state index in [-0.39, 0.29) is 18.0 Å². The monoisotopic (exact) mass is 614 g/mol. The first-order valence-corrected chi connectivity index (χ1v) is 17.5. The fourth-order valence-corrected chi connectivity index (χ4v) is 10.2. The predicted molar refractivity (Wildman–Crippen MR) is 170 cm³/mol. The van der Waals surface area contributed by atoms with Gasteiger partial charge in [0, 0.05) is 61.9 Å². The molecule has 9 rings (SSSR count). The number of piperidine rings is 1. The molecule has 2 aliphatic carbocycles. The Labute approximate surface area is 256 Å². The molecule has 2 aromatic heterocycles.